The van der Waals surface area contributed by atoms with Gasteiger partial charge in [0, 0.05) is 6.42 Å². The van der Waals surface area contributed by atoms with Gasteiger partial charge in [0.15, 0.2) is 7.65 Å². The highest BCUT2D eigenvalue weighted by Crippen LogP contribution is 2.13. The highest BCUT2D eigenvalue weighted by molar-refractivity contribution is 4.99. The summed E-state index contributed by atoms with van der Waals surface area (Å²) < 4.78 is 16.6. The SMILES string of the molecule is CCC(C)CC/C(F)=C/[I+]c1ccccc1. The van der Waals surface area contributed by atoms with Crippen molar-refractivity contribution in [2.45, 2.75) is 33.1 Å². The lowest BCUT2D eigenvalue weighted by Gasteiger charge is -2.04. The summed E-state index contributed by atoms with van der Waals surface area (Å²) in [5, 5.41) is 0. The molecule has 1 aromatic rings. The van der Waals surface area contributed by atoms with E-state index in [0.29, 0.717) is 12.3 Å². The minimum absolute atomic E-state index is 0.0805. The van der Waals surface area contributed by atoms with Crippen molar-refractivity contribution < 1.29 is 25.6 Å². The first-order valence-corrected chi connectivity index (χ1v) is 8.07. The van der Waals surface area contributed by atoms with E-state index in [1.54, 1.807) is 0 Å². The first-order chi connectivity index (χ1) is 7.72. The Balaban J connectivity index is 2.34. The van der Waals surface area contributed by atoms with E-state index in [-0.39, 0.29) is 27.0 Å². The molecule has 88 valence electrons. The lowest BCUT2D eigenvalue weighted by Crippen LogP contribution is -3.59. The number of allylic oxidation sites excluding steroid dienone is 1. The van der Waals surface area contributed by atoms with Crippen LogP contribution in [0, 0.1) is 9.49 Å². The van der Waals surface area contributed by atoms with Gasteiger partial charge in [0.05, 0.1) is 0 Å². The van der Waals surface area contributed by atoms with Crippen LogP contribution in [-0.4, -0.2) is 0 Å². The van der Waals surface area contributed by atoms with E-state index in [0.717, 1.165) is 12.8 Å². The van der Waals surface area contributed by atoms with Crippen LogP contribution in [0.3, 0.4) is 0 Å². The molecule has 1 aromatic carbocycles. The number of hydrogen-bond acceptors (Lipinski definition) is 0. The molecule has 0 amide bonds. The highest BCUT2D eigenvalue weighted by atomic mass is 127. The molecule has 1 rings (SSSR count). The quantitative estimate of drug-likeness (QED) is 0.694. The fourth-order valence-corrected chi connectivity index (χ4v) is 3.09. The Hall–Kier alpha value is -0.380. The number of hydrogen-bond donors (Lipinski definition) is 0. The summed E-state index contributed by atoms with van der Waals surface area (Å²) in [7, 11) is 0. The summed E-state index contributed by atoms with van der Waals surface area (Å²) in [5.74, 6) is 0.714. The fourth-order valence-electron chi connectivity index (χ4n) is 1.25. The first-order valence-electron chi connectivity index (χ1n) is 5.75. The maximum atomic E-state index is 13.5. The Morgan fingerprint density at radius 1 is 1.38 bits per heavy atom. The van der Waals surface area contributed by atoms with Crippen molar-refractivity contribution in [2.75, 3.05) is 0 Å². The maximum absolute atomic E-state index is 13.5. The predicted molar refractivity (Wildman–Crippen MR) is 63.0 cm³/mol. The summed E-state index contributed by atoms with van der Waals surface area (Å²) in [6, 6.07) is 10.2. The second-order valence-corrected chi connectivity index (χ2v) is 6.50. The smallest absolute Gasteiger partial charge is 0.208 e. The molecule has 1 atom stereocenters. The van der Waals surface area contributed by atoms with Crippen LogP contribution in [0.2, 0.25) is 0 Å². The van der Waals surface area contributed by atoms with Crippen molar-refractivity contribution in [1.82, 2.24) is 0 Å². The van der Waals surface area contributed by atoms with Crippen molar-refractivity contribution in [3.05, 3.63) is 43.8 Å². The molecule has 0 aliphatic heterocycles. The van der Waals surface area contributed by atoms with Gasteiger partial charge in [0.1, 0.15) is 5.83 Å². The van der Waals surface area contributed by atoms with Crippen LogP contribution in [-0.2, 0) is 0 Å². The summed E-state index contributed by atoms with van der Waals surface area (Å²) in [5.41, 5.74) is 0. The Labute approximate surface area is 108 Å². The minimum Gasteiger partial charge on any atom is -0.208 e. The Morgan fingerprint density at radius 3 is 2.69 bits per heavy atom. The van der Waals surface area contributed by atoms with E-state index in [9.17, 15) is 4.39 Å². The van der Waals surface area contributed by atoms with E-state index < -0.39 is 0 Å². The Bertz CT molecular complexity index is 319. The van der Waals surface area contributed by atoms with Gasteiger partial charge in [-0.05, 0) is 24.5 Å². The largest absolute Gasteiger partial charge is 0.352 e. The summed E-state index contributed by atoms with van der Waals surface area (Å²) in [4.78, 5) is 0. The average molecular weight is 333 g/mol. The molecule has 16 heavy (non-hydrogen) atoms. The molecule has 0 fully saturated rings. The molecule has 0 aliphatic rings. The number of benzene rings is 1. The van der Waals surface area contributed by atoms with Gasteiger partial charge in [-0.15, -0.1) is 0 Å². The molecular weight excluding hydrogens is 314 g/mol. The van der Waals surface area contributed by atoms with E-state index in [1.165, 1.54) is 3.57 Å². The third kappa shape index (κ3) is 5.64. The normalized spacial score (nSPS) is 13.8. The fraction of sp³-hybridized carbons (Fsp3) is 0.429. The first kappa shape index (κ1) is 13.7. The summed E-state index contributed by atoms with van der Waals surface area (Å²) >= 11 is -0.287. The van der Waals surface area contributed by atoms with Crippen LogP contribution in [0.15, 0.2) is 40.2 Å². The maximum Gasteiger partial charge on any atom is 0.352 e. The Kier molecular flexibility index (Phi) is 6.69. The molecular formula is C14H19FI+. The molecule has 2 heteroatoms. The van der Waals surface area contributed by atoms with Crippen molar-refractivity contribution >= 4 is 0 Å². The number of rotatable bonds is 6. The minimum atomic E-state index is -0.287. The van der Waals surface area contributed by atoms with Gasteiger partial charge in [0.2, 0.25) is 0 Å². The van der Waals surface area contributed by atoms with Crippen LogP contribution in [0.5, 0.6) is 0 Å². The lowest BCUT2D eigenvalue weighted by atomic mass is 10.0. The van der Waals surface area contributed by atoms with E-state index in [1.807, 2.05) is 22.3 Å². The van der Waals surface area contributed by atoms with Gasteiger partial charge in [-0.25, -0.2) is 4.39 Å². The zero-order valence-electron chi connectivity index (χ0n) is 9.92. The van der Waals surface area contributed by atoms with Gasteiger partial charge >= 0.3 is 21.2 Å². The third-order valence-electron chi connectivity index (χ3n) is 2.60. The molecule has 0 radical (unpaired) electrons. The number of halogens is 2. The van der Waals surface area contributed by atoms with Crippen molar-refractivity contribution in [3.8, 4) is 0 Å². The van der Waals surface area contributed by atoms with Gasteiger partial charge < -0.3 is 0 Å². The molecule has 0 heterocycles. The second-order valence-electron chi connectivity index (χ2n) is 4.01. The van der Waals surface area contributed by atoms with Crippen LogP contribution in [0.4, 0.5) is 4.39 Å². The average Bonchev–Trinajstić information content (AvgIpc) is 2.34. The zero-order chi connectivity index (χ0) is 11.8. The molecule has 0 bridgehead atoms. The lowest BCUT2D eigenvalue weighted by molar-refractivity contribution is -0.558. The monoisotopic (exact) mass is 333 g/mol. The molecule has 0 saturated carbocycles. The van der Waals surface area contributed by atoms with Crippen LogP contribution < -0.4 is 21.2 Å². The Morgan fingerprint density at radius 2 is 2.06 bits per heavy atom. The zero-order valence-corrected chi connectivity index (χ0v) is 12.1. The van der Waals surface area contributed by atoms with E-state index in [2.05, 4.69) is 26.0 Å². The molecule has 0 saturated heterocycles. The van der Waals surface area contributed by atoms with Crippen LogP contribution in [0.1, 0.15) is 33.1 Å². The molecule has 0 N–H and O–H groups in total. The van der Waals surface area contributed by atoms with Gasteiger partial charge in [-0.1, -0.05) is 38.5 Å². The van der Waals surface area contributed by atoms with E-state index >= 15 is 0 Å². The molecule has 0 aromatic heterocycles. The predicted octanol–water partition coefficient (Wildman–Crippen LogP) is 1.58. The van der Waals surface area contributed by atoms with Crippen molar-refractivity contribution in [2.24, 2.45) is 5.92 Å². The van der Waals surface area contributed by atoms with Gasteiger partial charge in [0.25, 0.3) is 0 Å². The van der Waals surface area contributed by atoms with Gasteiger partial charge in [-0.2, -0.15) is 0 Å². The topological polar surface area (TPSA) is 0 Å². The molecule has 1 unspecified atom stereocenters. The molecule has 0 spiro atoms. The standard InChI is InChI=1S/C14H19FI/c1-3-12(2)9-10-13(15)11-16-14-7-5-4-6-8-14/h4-8,11-12H,3,9-10H2,1-2H3/q+1/b13-11-. The van der Waals surface area contributed by atoms with Crippen molar-refractivity contribution in [3.63, 3.8) is 0 Å². The summed E-state index contributed by atoms with van der Waals surface area (Å²) in [6.45, 7) is 4.34. The second kappa shape index (κ2) is 7.82. The van der Waals surface area contributed by atoms with Crippen LogP contribution >= 0.6 is 0 Å². The third-order valence-corrected chi connectivity index (χ3v) is 5.03. The molecule has 0 nitrogen and oxygen atoms in total. The van der Waals surface area contributed by atoms with Gasteiger partial charge in [-0.3, -0.25) is 0 Å². The van der Waals surface area contributed by atoms with Crippen molar-refractivity contribution in [1.29, 1.82) is 0 Å². The van der Waals surface area contributed by atoms with E-state index in [4.69, 9.17) is 0 Å². The van der Waals surface area contributed by atoms with Crippen LogP contribution in [0.25, 0.3) is 0 Å². The highest BCUT2D eigenvalue weighted by Gasteiger charge is 2.10. The summed E-state index contributed by atoms with van der Waals surface area (Å²) in [6.07, 6.45) is 2.72. The molecule has 0 aliphatic carbocycles.